The molecule has 10 nitrogen and oxygen atoms in total. The van der Waals surface area contributed by atoms with Gasteiger partial charge in [-0.15, -0.1) is 0 Å². The number of amides is 2. The fraction of sp³-hybridized carbons (Fsp3) is 0.421. The maximum Gasteiger partial charge on any atom is 0.433 e. The summed E-state index contributed by atoms with van der Waals surface area (Å²) in [5.41, 5.74) is -0.00198. The molecule has 3 aromatic rings. The number of rotatable bonds is 3. The van der Waals surface area contributed by atoms with Crippen LogP contribution in [-0.2, 0) is 18.0 Å². The van der Waals surface area contributed by atoms with Gasteiger partial charge >= 0.3 is 12.3 Å². The summed E-state index contributed by atoms with van der Waals surface area (Å²) in [7, 11) is 1.84. The number of fused-ring (bicyclic) bond motifs is 1. The number of likely N-dealkylation sites (tertiary alicyclic amines) is 1. The Hall–Kier alpha value is -3.64. The van der Waals surface area contributed by atoms with Crippen LogP contribution in [0.15, 0.2) is 31.0 Å². The van der Waals surface area contributed by atoms with Gasteiger partial charge < -0.3 is 14.2 Å². The third-order valence-corrected chi connectivity index (χ3v) is 5.89. The molecule has 1 N–H and O–H groups in total. The molecule has 2 amide bonds. The highest BCUT2D eigenvalue weighted by Crippen LogP contribution is 2.50. The average Bonchev–Trinajstić information content (AvgIpc) is 3.25. The molecule has 1 spiro atoms. The second kappa shape index (κ2) is 6.93. The Bertz CT molecular complexity index is 1200. The summed E-state index contributed by atoms with van der Waals surface area (Å²) in [5, 5.41) is 6.38. The van der Waals surface area contributed by atoms with E-state index in [9.17, 15) is 22.8 Å². The Morgan fingerprint density at radius 1 is 1.22 bits per heavy atom. The summed E-state index contributed by atoms with van der Waals surface area (Å²) >= 11 is 0. The molecule has 5 rings (SSSR count). The van der Waals surface area contributed by atoms with Crippen molar-refractivity contribution in [2.45, 2.75) is 25.1 Å². The zero-order chi connectivity index (χ0) is 22.7. The highest BCUT2D eigenvalue weighted by molar-refractivity contribution is 6.00. The number of carbonyl (C=O) groups is 2. The molecule has 0 aromatic carbocycles. The van der Waals surface area contributed by atoms with Crippen molar-refractivity contribution < 1.29 is 27.5 Å². The van der Waals surface area contributed by atoms with Crippen LogP contribution >= 0.6 is 0 Å². The predicted molar refractivity (Wildman–Crippen MR) is 103 cm³/mol. The van der Waals surface area contributed by atoms with Gasteiger partial charge in [-0.25, -0.2) is 19.3 Å². The summed E-state index contributed by atoms with van der Waals surface area (Å²) in [6.07, 6.45) is 1.14. The second-order valence-corrected chi connectivity index (χ2v) is 8.24. The van der Waals surface area contributed by atoms with E-state index >= 15 is 0 Å². The van der Waals surface area contributed by atoms with Crippen molar-refractivity contribution in [3.8, 4) is 0 Å². The van der Waals surface area contributed by atoms with Gasteiger partial charge in [0.25, 0.3) is 5.91 Å². The minimum absolute atomic E-state index is 0.0978. The zero-order valence-electron chi connectivity index (χ0n) is 16.8. The fourth-order valence-electron chi connectivity index (χ4n) is 4.39. The van der Waals surface area contributed by atoms with Crippen LogP contribution in [0.5, 0.6) is 0 Å². The number of nitrogens with one attached hydrogen (secondary N) is 1. The van der Waals surface area contributed by atoms with E-state index in [4.69, 9.17) is 4.74 Å². The van der Waals surface area contributed by atoms with Crippen LogP contribution in [0, 0.1) is 5.41 Å². The van der Waals surface area contributed by atoms with Gasteiger partial charge in [0.1, 0.15) is 35.2 Å². The van der Waals surface area contributed by atoms with E-state index in [1.807, 2.05) is 17.8 Å². The quantitative estimate of drug-likeness (QED) is 0.658. The summed E-state index contributed by atoms with van der Waals surface area (Å²) in [4.78, 5) is 33.3. The number of hydrogen-bond donors (Lipinski definition) is 1. The van der Waals surface area contributed by atoms with Crippen LogP contribution in [0.4, 0.5) is 23.8 Å². The third kappa shape index (κ3) is 3.42. The molecule has 2 fully saturated rings. The number of nitrogens with zero attached hydrogens (tertiary/aromatic N) is 6. The van der Waals surface area contributed by atoms with E-state index in [-0.39, 0.29) is 23.2 Å². The lowest BCUT2D eigenvalue weighted by molar-refractivity contribution is -0.141. The van der Waals surface area contributed by atoms with E-state index in [1.165, 1.54) is 0 Å². The van der Waals surface area contributed by atoms with Crippen molar-refractivity contribution in [1.29, 1.82) is 0 Å². The lowest BCUT2D eigenvalue weighted by Crippen LogP contribution is -2.65. The van der Waals surface area contributed by atoms with Crippen LogP contribution in [0.3, 0.4) is 0 Å². The molecule has 0 unspecified atom stereocenters. The lowest BCUT2D eigenvalue weighted by atomic mass is 9.61. The van der Waals surface area contributed by atoms with E-state index in [0.717, 1.165) is 12.0 Å². The number of halogens is 3. The van der Waals surface area contributed by atoms with Crippen LogP contribution in [-0.4, -0.2) is 60.2 Å². The molecule has 0 bridgehead atoms. The molecule has 1 saturated carbocycles. The molecule has 1 aliphatic heterocycles. The van der Waals surface area contributed by atoms with Crippen molar-refractivity contribution >= 4 is 23.5 Å². The first-order valence-electron chi connectivity index (χ1n) is 9.78. The Balaban J connectivity index is 1.12. The molecule has 0 radical (unpaired) electrons. The van der Waals surface area contributed by atoms with E-state index in [1.54, 1.807) is 21.8 Å². The van der Waals surface area contributed by atoms with E-state index in [0.29, 0.717) is 37.6 Å². The lowest BCUT2D eigenvalue weighted by Gasteiger charge is -2.58. The van der Waals surface area contributed by atoms with Gasteiger partial charge in [0.2, 0.25) is 0 Å². The smallest absolute Gasteiger partial charge is 0.433 e. The zero-order valence-corrected chi connectivity index (χ0v) is 16.8. The van der Waals surface area contributed by atoms with Crippen molar-refractivity contribution in [2.75, 3.05) is 18.4 Å². The highest BCUT2D eigenvalue weighted by Gasteiger charge is 2.55. The molecule has 13 heteroatoms. The molecule has 32 heavy (non-hydrogen) atoms. The van der Waals surface area contributed by atoms with Gasteiger partial charge in [0.05, 0.1) is 6.20 Å². The molecule has 3 aromatic heterocycles. The first kappa shape index (κ1) is 20.3. The number of imidazole rings is 1. The monoisotopic (exact) mass is 449 g/mol. The normalized spacial score (nSPS) is 17.8. The van der Waals surface area contributed by atoms with Gasteiger partial charge in [-0.3, -0.25) is 10.1 Å². The van der Waals surface area contributed by atoms with Crippen molar-refractivity contribution in [3.63, 3.8) is 0 Å². The van der Waals surface area contributed by atoms with Gasteiger partial charge in [-0.1, -0.05) is 0 Å². The molecule has 1 saturated heterocycles. The highest BCUT2D eigenvalue weighted by atomic mass is 19.4. The minimum Gasteiger partial charge on any atom is -0.446 e. The molecule has 168 valence electrons. The Morgan fingerprint density at radius 2 is 1.97 bits per heavy atom. The van der Waals surface area contributed by atoms with E-state index < -0.39 is 18.0 Å². The number of aromatic nitrogens is 5. The van der Waals surface area contributed by atoms with Crippen LogP contribution in [0.25, 0.3) is 5.65 Å². The molecule has 0 atom stereocenters. The summed E-state index contributed by atoms with van der Waals surface area (Å²) in [5.74, 6) is -0.390. The van der Waals surface area contributed by atoms with Crippen molar-refractivity contribution in [3.05, 3.63) is 42.2 Å². The molecular formula is C19H18F3N7O3. The summed E-state index contributed by atoms with van der Waals surface area (Å²) < 4.78 is 46.8. The number of aryl methyl sites for hydroxylation is 1. The fourth-order valence-corrected chi connectivity index (χ4v) is 4.39. The number of ether oxygens (including phenoxy) is 1. The summed E-state index contributed by atoms with van der Waals surface area (Å²) in [6, 6.07) is 0.638. The van der Waals surface area contributed by atoms with Crippen molar-refractivity contribution in [1.82, 2.24) is 29.0 Å². The average molecular weight is 449 g/mol. The maximum atomic E-state index is 12.8. The predicted octanol–water partition coefficient (Wildman–Crippen LogP) is 2.33. The Morgan fingerprint density at radius 3 is 2.69 bits per heavy atom. The third-order valence-electron chi connectivity index (χ3n) is 5.89. The first-order valence-corrected chi connectivity index (χ1v) is 9.78. The molecule has 2 aliphatic rings. The number of anilines is 1. The van der Waals surface area contributed by atoms with Gasteiger partial charge in [-0.05, 0) is 12.8 Å². The van der Waals surface area contributed by atoms with Gasteiger partial charge in [-0.2, -0.15) is 18.3 Å². The Kier molecular flexibility index (Phi) is 4.39. The maximum absolute atomic E-state index is 12.8. The van der Waals surface area contributed by atoms with Crippen molar-refractivity contribution in [2.24, 2.45) is 12.5 Å². The van der Waals surface area contributed by atoms with Crippen LogP contribution < -0.4 is 5.32 Å². The second-order valence-electron chi connectivity index (χ2n) is 8.24. The minimum atomic E-state index is -4.64. The van der Waals surface area contributed by atoms with Gasteiger partial charge in [0.15, 0.2) is 0 Å². The molecule has 1 aliphatic carbocycles. The van der Waals surface area contributed by atoms with Crippen LogP contribution in [0.2, 0.25) is 0 Å². The van der Waals surface area contributed by atoms with Crippen LogP contribution in [0.1, 0.15) is 28.9 Å². The first-order chi connectivity index (χ1) is 15.1. The van der Waals surface area contributed by atoms with E-state index in [2.05, 4.69) is 20.4 Å². The largest absolute Gasteiger partial charge is 0.446 e. The molecular weight excluding hydrogens is 431 g/mol. The standard InChI is InChI=1S/C19H18F3N7O3/c1-27-2-3-29-15(27)12(7-25-29)16(30)28-8-18(9-28)5-11(6-18)32-17(31)26-14-4-13(19(20,21)22)23-10-24-14/h2-4,7,10-11H,5-6,8-9H2,1H3,(H,23,24,26,31). The Labute approximate surface area is 179 Å². The summed E-state index contributed by atoms with van der Waals surface area (Å²) in [6.45, 7) is 1.10. The number of alkyl halides is 3. The number of hydrogen-bond acceptors (Lipinski definition) is 6. The SMILES string of the molecule is Cn1ccn2ncc(C(=O)N3CC4(CC(OC(=O)Nc5cc(C(F)(F)F)ncn5)C4)C3)c12. The van der Waals surface area contributed by atoms with Gasteiger partial charge in [0, 0.05) is 44.0 Å². The topological polar surface area (TPSA) is 107 Å². The molecule has 4 heterocycles. The number of carbonyl (C=O) groups excluding carboxylic acids is 2.